The van der Waals surface area contributed by atoms with Gasteiger partial charge in [-0.1, -0.05) is 42.5 Å². The van der Waals surface area contributed by atoms with Crippen molar-refractivity contribution in [3.8, 4) is 0 Å². The van der Waals surface area contributed by atoms with Gasteiger partial charge in [0, 0.05) is 23.0 Å². The van der Waals surface area contributed by atoms with Gasteiger partial charge in [-0.25, -0.2) is 10.2 Å². The number of hydrazine groups is 1. The summed E-state index contributed by atoms with van der Waals surface area (Å²) < 4.78 is 0. The molecule has 0 spiro atoms. The van der Waals surface area contributed by atoms with Crippen molar-refractivity contribution in [3.63, 3.8) is 0 Å². The monoisotopic (exact) mass is 386 g/mol. The van der Waals surface area contributed by atoms with Gasteiger partial charge in [0.05, 0.1) is 11.1 Å². The van der Waals surface area contributed by atoms with Crippen molar-refractivity contribution in [1.82, 2.24) is 21.2 Å². The third kappa shape index (κ3) is 3.20. The first-order chi connectivity index (χ1) is 14.1. The van der Waals surface area contributed by atoms with Crippen molar-refractivity contribution in [2.45, 2.75) is 31.7 Å². The number of para-hydroxylation sites is 1. The number of amides is 3. The summed E-state index contributed by atoms with van der Waals surface area (Å²) in [5.74, 6) is 0.506. The standard InChI is InChI=1S/C23H22N4O2/c1-13-12-18(16-8-4-5-9-19(16)24-13)22(28)26-27-23(29)25-21-17-11-10-14-6-2-3-7-15(14)20(17)21/h2-9,12,17,20-21H,10-11H2,1H3,(H,26,28)(H2,25,27,29). The van der Waals surface area contributed by atoms with Crippen molar-refractivity contribution >= 4 is 22.8 Å². The minimum atomic E-state index is -0.384. The Morgan fingerprint density at radius 1 is 1.03 bits per heavy atom. The second kappa shape index (κ2) is 6.88. The molecule has 3 aromatic rings. The lowest BCUT2D eigenvalue weighted by Crippen LogP contribution is -2.48. The smallest absolute Gasteiger partial charge is 0.333 e. The Labute approximate surface area is 168 Å². The van der Waals surface area contributed by atoms with Crippen molar-refractivity contribution in [2.75, 3.05) is 0 Å². The fourth-order valence-electron chi connectivity index (χ4n) is 4.63. The number of pyridine rings is 1. The summed E-state index contributed by atoms with van der Waals surface area (Å²) in [6, 6.07) is 17.4. The van der Waals surface area contributed by atoms with E-state index in [0.717, 1.165) is 29.4 Å². The van der Waals surface area contributed by atoms with Crippen LogP contribution >= 0.6 is 0 Å². The summed E-state index contributed by atoms with van der Waals surface area (Å²) in [6.45, 7) is 1.84. The highest BCUT2D eigenvalue weighted by Crippen LogP contribution is 2.54. The minimum absolute atomic E-state index is 0.125. The van der Waals surface area contributed by atoms with Crippen LogP contribution in [0.5, 0.6) is 0 Å². The van der Waals surface area contributed by atoms with Gasteiger partial charge in [0.2, 0.25) is 0 Å². The SMILES string of the molecule is Cc1cc(C(=O)NNC(=O)NC2C3CCc4ccccc4C32)c2ccccc2n1. The molecule has 0 bridgehead atoms. The predicted molar refractivity (Wildman–Crippen MR) is 110 cm³/mol. The lowest BCUT2D eigenvalue weighted by atomic mass is 9.92. The molecule has 5 rings (SSSR count). The Bertz CT molecular complexity index is 1130. The average Bonchev–Trinajstić information content (AvgIpc) is 3.44. The van der Waals surface area contributed by atoms with E-state index in [1.165, 1.54) is 11.1 Å². The van der Waals surface area contributed by atoms with Crippen LogP contribution in [0.2, 0.25) is 0 Å². The Morgan fingerprint density at radius 2 is 1.83 bits per heavy atom. The molecule has 2 aliphatic rings. The molecule has 0 radical (unpaired) electrons. The van der Waals surface area contributed by atoms with Gasteiger partial charge in [0.25, 0.3) is 5.91 Å². The minimum Gasteiger partial charge on any atom is -0.333 e. The molecule has 0 aliphatic heterocycles. The van der Waals surface area contributed by atoms with E-state index in [2.05, 4.69) is 45.4 Å². The second-order valence-corrected chi connectivity index (χ2v) is 7.83. The van der Waals surface area contributed by atoms with Crippen molar-refractivity contribution in [2.24, 2.45) is 5.92 Å². The Hall–Kier alpha value is -3.41. The summed E-state index contributed by atoms with van der Waals surface area (Å²) >= 11 is 0. The summed E-state index contributed by atoms with van der Waals surface area (Å²) in [5.41, 5.74) is 9.74. The van der Waals surface area contributed by atoms with Crippen LogP contribution in [0.25, 0.3) is 10.9 Å². The molecule has 3 unspecified atom stereocenters. The molecule has 0 saturated heterocycles. The number of aromatic nitrogens is 1. The van der Waals surface area contributed by atoms with Gasteiger partial charge >= 0.3 is 6.03 Å². The number of benzene rings is 2. The number of nitrogens with zero attached hydrogens (tertiary/aromatic N) is 1. The van der Waals surface area contributed by atoms with Gasteiger partial charge in [0.15, 0.2) is 0 Å². The summed E-state index contributed by atoms with van der Waals surface area (Å²) in [7, 11) is 0. The molecule has 6 heteroatoms. The van der Waals surface area contributed by atoms with Gasteiger partial charge in [-0.15, -0.1) is 0 Å². The third-order valence-electron chi connectivity index (χ3n) is 6.01. The quantitative estimate of drug-likeness (QED) is 0.592. The zero-order valence-electron chi connectivity index (χ0n) is 16.1. The first-order valence-electron chi connectivity index (χ1n) is 9.93. The summed E-state index contributed by atoms with van der Waals surface area (Å²) in [6.07, 6.45) is 2.14. The Balaban J connectivity index is 1.23. The molecular weight excluding hydrogens is 364 g/mol. The number of urea groups is 1. The number of hydrogen-bond donors (Lipinski definition) is 3. The molecule has 146 valence electrons. The summed E-state index contributed by atoms with van der Waals surface area (Å²) in [5, 5.41) is 3.77. The molecule has 29 heavy (non-hydrogen) atoms. The number of carbonyl (C=O) groups is 2. The molecule has 1 saturated carbocycles. The van der Waals surface area contributed by atoms with Gasteiger partial charge < -0.3 is 5.32 Å². The van der Waals surface area contributed by atoms with Crippen LogP contribution in [-0.2, 0) is 6.42 Å². The molecular formula is C23H22N4O2. The van der Waals surface area contributed by atoms with Crippen LogP contribution in [0.3, 0.4) is 0 Å². The summed E-state index contributed by atoms with van der Waals surface area (Å²) in [4.78, 5) is 29.5. The molecule has 2 aliphatic carbocycles. The van der Waals surface area contributed by atoms with Crippen LogP contribution < -0.4 is 16.2 Å². The van der Waals surface area contributed by atoms with E-state index in [-0.39, 0.29) is 18.0 Å². The van der Waals surface area contributed by atoms with E-state index in [9.17, 15) is 9.59 Å². The molecule has 1 heterocycles. The second-order valence-electron chi connectivity index (χ2n) is 7.83. The normalized spacial score (nSPS) is 21.6. The van der Waals surface area contributed by atoms with Crippen molar-refractivity contribution in [3.05, 3.63) is 77.0 Å². The maximum absolute atomic E-state index is 12.7. The third-order valence-corrected chi connectivity index (χ3v) is 6.01. The highest BCUT2D eigenvalue weighted by atomic mass is 16.2. The number of carbonyl (C=O) groups excluding carboxylic acids is 2. The average molecular weight is 386 g/mol. The van der Waals surface area contributed by atoms with Gasteiger partial charge in [0.1, 0.15) is 0 Å². The predicted octanol–water partition coefficient (Wildman–Crippen LogP) is 3.22. The zero-order chi connectivity index (χ0) is 20.0. The van der Waals surface area contributed by atoms with Crippen molar-refractivity contribution in [1.29, 1.82) is 0 Å². The maximum Gasteiger partial charge on any atom is 0.333 e. The van der Waals surface area contributed by atoms with Crippen LogP contribution in [-0.4, -0.2) is 23.0 Å². The van der Waals surface area contributed by atoms with Crippen LogP contribution in [0.15, 0.2) is 54.6 Å². The first kappa shape index (κ1) is 17.7. The molecule has 3 atom stereocenters. The van der Waals surface area contributed by atoms with Gasteiger partial charge in [-0.05, 0) is 48.9 Å². The van der Waals surface area contributed by atoms with E-state index in [0.29, 0.717) is 17.4 Å². The van der Waals surface area contributed by atoms with E-state index in [1.54, 1.807) is 6.07 Å². The lowest BCUT2D eigenvalue weighted by Gasteiger charge is -2.13. The fourth-order valence-corrected chi connectivity index (χ4v) is 4.63. The van der Waals surface area contributed by atoms with Crippen LogP contribution in [0.4, 0.5) is 4.79 Å². The Morgan fingerprint density at radius 3 is 2.72 bits per heavy atom. The highest BCUT2D eigenvalue weighted by Gasteiger charge is 2.53. The van der Waals surface area contributed by atoms with Crippen LogP contribution in [0.1, 0.15) is 39.5 Å². The van der Waals surface area contributed by atoms with E-state index in [4.69, 9.17) is 0 Å². The van der Waals surface area contributed by atoms with E-state index >= 15 is 0 Å². The molecule has 1 aromatic heterocycles. The maximum atomic E-state index is 12.7. The molecule has 3 N–H and O–H groups in total. The molecule has 1 fully saturated rings. The van der Waals surface area contributed by atoms with Crippen LogP contribution in [0, 0.1) is 12.8 Å². The molecule has 6 nitrogen and oxygen atoms in total. The highest BCUT2D eigenvalue weighted by molar-refractivity contribution is 6.06. The largest absolute Gasteiger partial charge is 0.333 e. The number of aryl methyl sites for hydroxylation is 2. The van der Waals surface area contributed by atoms with Gasteiger partial charge in [-0.3, -0.25) is 15.2 Å². The molecule has 2 aromatic carbocycles. The molecule has 3 amide bonds. The number of nitrogens with one attached hydrogen (secondary N) is 3. The number of hydrogen-bond acceptors (Lipinski definition) is 3. The number of fused-ring (bicyclic) bond motifs is 4. The lowest BCUT2D eigenvalue weighted by molar-refractivity contribution is 0.0937. The topological polar surface area (TPSA) is 83.1 Å². The van der Waals surface area contributed by atoms with E-state index in [1.807, 2.05) is 31.2 Å². The zero-order valence-corrected chi connectivity index (χ0v) is 16.1. The van der Waals surface area contributed by atoms with Gasteiger partial charge in [-0.2, -0.15) is 0 Å². The first-order valence-corrected chi connectivity index (χ1v) is 9.93. The van der Waals surface area contributed by atoms with Crippen molar-refractivity contribution < 1.29 is 9.59 Å². The number of rotatable bonds is 2. The van der Waals surface area contributed by atoms with E-state index < -0.39 is 0 Å². The fraction of sp³-hybridized carbons (Fsp3) is 0.261. The Kier molecular flexibility index (Phi) is 4.19.